The molecule has 1 amide bonds. The van der Waals surface area contributed by atoms with Crippen LogP contribution in [-0.4, -0.2) is 17.6 Å². The van der Waals surface area contributed by atoms with Crippen LogP contribution in [0.4, 0.5) is 5.69 Å². The maximum Gasteiger partial charge on any atom is 0.264 e. The Kier molecular flexibility index (Phi) is 6.18. The van der Waals surface area contributed by atoms with Crippen LogP contribution >= 0.6 is 39.7 Å². The zero-order valence-electron chi connectivity index (χ0n) is 11.3. The Morgan fingerprint density at radius 3 is 2.64 bits per heavy atom. The molecule has 0 saturated heterocycles. The Hall–Kier alpha value is -1.63. The molecule has 7 heteroatoms. The van der Waals surface area contributed by atoms with Crippen LogP contribution in [0.5, 0.6) is 5.75 Å². The smallest absolute Gasteiger partial charge is 0.264 e. The van der Waals surface area contributed by atoms with Crippen LogP contribution < -0.4 is 15.4 Å². The van der Waals surface area contributed by atoms with Crippen molar-refractivity contribution in [3.05, 3.63) is 58.0 Å². The molecule has 0 aliphatic rings. The molecule has 0 saturated carbocycles. The molecular formula is C15H12BrClN2O2S. The average molecular weight is 400 g/mol. The van der Waals surface area contributed by atoms with Gasteiger partial charge in [0.1, 0.15) is 5.75 Å². The highest BCUT2D eigenvalue weighted by molar-refractivity contribution is 9.10. The second-order valence-electron chi connectivity index (χ2n) is 4.26. The molecule has 0 unspecified atom stereocenters. The van der Waals surface area contributed by atoms with Crippen LogP contribution in [0.3, 0.4) is 0 Å². The molecule has 0 aliphatic heterocycles. The number of carbonyl (C=O) groups is 1. The Bertz CT molecular complexity index is 679. The summed E-state index contributed by atoms with van der Waals surface area (Å²) in [6.07, 6.45) is 0. The predicted molar refractivity (Wildman–Crippen MR) is 95.5 cm³/mol. The van der Waals surface area contributed by atoms with Gasteiger partial charge in [0, 0.05) is 15.2 Å². The minimum Gasteiger partial charge on any atom is -0.484 e. The second-order valence-corrected chi connectivity index (χ2v) is 6.02. The number of nitrogens with one attached hydrogen (secondary N) is 2. The van der Waals surface area contributed by atoms with E-state index in [4.69, 9.17) is 28.6 Å². The van der Waals surface area contributed by atoms with Crippen LogP contribution in [0, 0.1) is 0 Å². The predicted octanol–water partition coefficient (Wildman–Crippen LogP) is 3.99. The fourth-order valence-electron chi connectivity index (χ4n) is 1.57. The molecule has 114 valence electrons. The molecule has 2 aromatic carbocycles. The summed E-state index contributed by atoms with van der Waals surface area (Å²) in [5.74, 6) is 0.259. The van der Waals surface area contributed by atoms with Crippen LogP contribution in [0.15, 0.2) is 53.0 Å². The number of benzene rings is 2. The number of amides is 1. The molecule has 2 aromatic rings. The van der Waals surface area contributed by atoms with Crippen LogP contribution in [0.1, 0.15) is 0 Å². The topological polar surface area (TPSA) is 50.4 Å². The molecule has 2 rings (SSSR count). The van der Waals surface area contributed by atoms with E-state index in [9.17, 15) is 4.79 Å². The van der Waals surface area contributed by atoms with Crippen molar-refractivity contribution < 1.29 is 9.53 Å². The van der Waals surface area contributed by atoms with Gasteiger partial charge >= 0.3 is 0 Å². The van der Waals surface area contributed by atoms with Gasteiger partial charge in [-0.3, -0.25) is 10.1 Å². The van der Waals surface area contributed by atoms with Crippen molar-refractivity contribution in [3.8, 4) is 5.75 Å². The second kappa shape index (κ2) is 8.12. The maximum absolute atomic E-state index is 11.8. The summed E-state index contributed by atoms with van der Waals surface area (Å²) in [5, 5.41) is 6.17. The zero-order valence-corrected chi connectivity index (χ0v) is 14.5. The first-order chi connectivity index (χ1) is 10.5. The van der Waals surface area contributed by atoms with Crippen molar-refractivity contribution in [1.29, 1.82) is 0 Å². The lowest BCUT2D eigenvalue weighted by Gasteiger charge is -2.10. The third-order valence-electron chi connectivity index (χ3n) is 2.52. The Morgan fingerprint density at radius 1 is 1.23 bits per heavy atom. The molecule has 0 radical (unpaired) electrons. The van der Waals surface area contributed by atoms with Gasteiger partial charge in [0.2, 0.25) is 0 Å². The fourth-order valence-corrected chi connectivity index (χ4v) is 2.26. The minimum absolute atomic E-state index is 0.126. The van der Waals surface area contributed by atoms with E-state index in [1.807, 2.05) is 12.1 Å². The molecule has 0 fully saturated rings. The van der Waals surface area contributed by atoms with E-state index in [1.165, 1.54) is 0 Å². The summed E-state index contributed by atoms with van der Waals surface area (Å²) in [6.45, 7) is -0.126. The zero-order chi connectivity index (χ0) is 15.9. The van der Waals surface area contributed by atoms with Crippen molar-refractivity contribution in [3.63, 3.8) is 0 Å². The first kappa shape index (κ1) is 16.7. The largest absolute Gasteiger partial charge is 0.484 e. The molecular weight excluding hydrogens is 388 g/mol. The van der Waals surface area contributed by atoms with E-state index in [1.54, 1.807) is 36.4 Å². The lowest BCUT2D eigenvalue weighted by molar-refractivity contribution is -0.121. The normalized spacial score (nSPS) is 9.91. The SMILES string of the molecule is O=C(COc1ccc(Br)cc1)NC(=S)Nc1cccc(Cl)c1. The monoisotopic (exact) mass is 398 g/mol. The van der Waals surface area contributed by atoms with Gasteiger partial charge in [-0.1, -0.05) is 33.6 Å². The van der Waals surface area contributed by atoms with Gasteiger partial charge < -0.3 is 10.1 Å². The van der Waals surface area contributed by atoms with Crippen molar-refractivity contribution in [2.75, 3.05) is 11.9 Å². The van der Waals surface area contributed by atoms with Crippen LogP contribution in [0.2, 0.25) is 5.02 Å². The number of rotatable bonds is 4. The van der Waals surface area contributed by atoms with E-state index in [2.05, 4.69) is 26.6 Å². The lowest BCUT2D eigenvalue weighted by Crippen LogP contribution is -2.37. The summed E-state index contributed by atoms with van der Waals surface area (Å²) >= 11 is 14.2. The summed E-state index contributed by atoms with van der Waals surface area (Å²) < 4.78 is 6.29. The third kappa shape index (κ3) is 5.63. The van der Waals surface area contributed by atoms with E-state index >= 15 is 0 Å². The van der Waals surface area contributed by atoms with E-state index in [-0.39, 0.29) is 17.6 Å². The summed E-state index contributed by atoms with van der Waals surface area (Å²) in [5.41, 5.74) is 0.701. The number of hydrogen-bond donors (Lipinski definition) is 2. The Balaban J connectivity index is 1.79. The van der Waals surface area contributed by atoms with Gasteiger partial charge in [0.05, 0.1) is 0 Å². The van der Waals surface area contributed by atoms with Gasteiger partial charge in [-0.05, 0) is 54.7 Å². The molecule has 0 atom stereocenters. The third-order valence-corrected chi connectivity index (χ3v) is 3.49. The molecule has 0 spiro atoms. The van der Waals surface area contributed by atoms with Crippen molar-refractivity contribution in [1.82, 2.24) is 5.32 Å². The highest BCUT2D eigenvalue weighted by Crippen LogP contribution is 2.16. The quantitative estimate of drug-likeness (QED) is 0.763. The van der Waals surface area contributed by atoms with Crippen molar-refractivity contribution in [2.24, 2.45) is 0 Å². The highest BCUT2D eigenvalue weighted by Gasteiger charge is 2.06. The highest BCUT2D eigenvalue weighted by atomic mass is 79.9. The maximum atomic E-state index is 11.8. The van der Waals surface area contributed by atoms with Crippen LogP contribution in [0.25, 0.3) is 0 Å². The number of carbonyl (C=O) groups excluding carboxylic acids is 1. The van der Waals surface area contributed by atoms with Crippen molar-refractivity contribution in [2.45, 2.75) is 0 Å². The first-order valence-corrected chi connectivity index (χ1v) is 7.85. The Labute approximate surface area is 146 Å². The lowest BCUT2D eigenvalue weighted by atomic mass is 10.3. The number of anilines is 1. The standard InChI is InChI=1S/C15H12BrClN2O2S/c16-10-4-6-13(7-5-10)21-9-14(20)19-15(22)18-12-3-1-2-11(17)8-12/h1-8H,9H2,(H2,18,19,20,22). The fraction of sp³-hybridized carbons (Fsp3) is 0.0667. The summed E-state index contributed by atoms with van der Waals surface area (Å²) in [4.78, 5) is 11.8. The number of thiocarbonyl (C=S) groups is 1. The molecule has 0 heterocycles. The number of halogens is 2. The molecule has 22 heavy (non-hydrogen) atoms. The molecule has 0 aromatic heterocycles. The first-order valence-electron chi connectivity index (χ1n) is 6.28. The van der Waals surface area contributed by atoms with E-state index < -0.39 is 0 Å². The number of ether oxygens (including phenoxy) is 1. The van der Waals surface area contributed by atoms with Gasteiger partial charge in [0.15, 0.2) is 11.7 Å². The number of hydrogen-bond acceptors (Lipinski definition) is 3. The molecule has 4 nitrogen and oxygen atoms in total. The van der Waals surface area contributed by atoms with Crippen molar-refractivity contribution >= 4 is 56.5 Å². The van der Waals surface area contributed by atoms with Gasteiger partial charge in [-0.25, -0.2) is 0 Å². The molecule has 2 N–H and O–H groups in total. The van der Waals surface area contributed by atoms with E-state index in [0.717, 1.165) is 4.47 Å². The van der Waals surface area contributed by atoms with Crippen LogP contribution in [-0.2, 0) is 4.79 Å². The molecule has 0 aliphatic carbocycles. The average Bonchev–Trinajstić information content (AvgIpc) is 2.46. The van der Waals surface area contributed by atoms with Gasteiger partial charge in [0.25, 0.3) is 5.91 Å². The van der Waals surface area contributed by atoms with Gasteiger partial charge in [-0.15, -0.1) is 0 Å². The van der Waals surface area contributed by atoms with Gasteiger partial charge in [-0.2, -0.15) is 0 Å². The summed E-state index contributed by atoms with van der Waals surface area (Å²) in [6, 6.07) is 14.2. The summed E-state index contributed by atoms with van der Waals surface area (Å²) in [7, 11) is 0. The molecule has 0 bridgehead atoms. The Morgan fingerprint density at radius 2 is 1.95 bits per heavy atom. The minimum atomic E-state index is -0.345. The van der Waals surface area contributed by atoms with E-state index in [0.29, 0.717) is 16.5 Å².